The van der Waals surface area contributed by atoms with Crippen LogP contribution in [-0.2, 0) is 18.9 Å². The molecule has 0 aliphatic heterocycles. The van der Waals surface area contributed by atoms with Crippen LogP contribution in [0, 0.1) is 0 Å². The molecule has 0 saturated heterocycles. The number of methoxy groups -OCH3 is 1. The van der Waals surface area contributed by atoms with Gasteiger partial charge in [0, 0.05) is 6.07 Å². The molecule has 26 heavy (non-hydrogen) atoms. The van der Waals surface area contributed by atoms with Gasteiger partial charge in [0.15, 0.2) is 6.29 Å². The largest absolute Gasteiger partial charge is 0.496 e. The van der Waals surface area contributed by atoms with Gasteiger partial charge in [-0.1, -0.05) is 0 Å². The molecule has 0 unspecified atom stereocenters. The monoisotopic (exact) mass is 372 g/mol. The normalized spacial score (nSPS) is 10.7. The Morgan fingerprint density at radius 2 is 1.38 bits per heavy atom. The molecular weight excluding hydrogens is 344 g/mol. The van der Waals surface area contributed by atoms with Crippen LogP contribution in [0.25, 0.3) is 0 Å². The van der Waals surface area contributed by atoms with Gasteiger partial charge in [-0.25, -0.2) is 0 Å². The van der Waals surface area contributed by atoms with Crippen molar-refractivity contribution >= 4 is 6.29 Å². The molecule has 1 N–H and O–H groups in total. The molecule has 0 heterocycles. The number of aliphatic hydroxyl groups is 1. The van der Waals surface area contributed by atoms with Crippen LogP contribution in [0.3, 0.4) is 0 Å². The minimum Gasteiger partial charge on any atom is -0.496 e. The Kier molecular flexibility index (Phi) is 13.3. The highest BCUT2D eigenvalue weighted by molar-refractivity contribution is 5.79. The first-order valence-corrected chi connectivity index (χ1v) is 8.49. The summed E-state index contributed by atoms with van der Waals surface area (Å²) in [5, 5.41) is 8.52. The van der Waals surface area contributed by atoms with Crippen molar-refractivity contribution < 1.29 is 38.3 Å². The standard InChI is InChI=1S/C18H28O8/c1-21-18-14-17(3-2-16(18)15-20)26-13-12-25-11-10-24-9-8-23-7-6-22-5-4-19/h2-3,14-15,19H,4-13H2,1H3. The molecule has 0 amide bonds. The molecule has 1 aromatic rings. The summed E-state index contributed by atoms with van der Waals surface area (Å²) in [5.74, 6) is 1.10. The van der Waals surface area contributed by atoms with Crippen molar-refractivity contribution in [3.63, 3.8) is 0 Å². The molecule has 0 radical (unpaired) electrons. The summed E-state index contributed by atoms with van der Waals surface area (Å²) in [5.41, 5.74) is 0.481. The third-order valence-electron chi connectivity index (χ3n) is 3.18. The van der Waals surface area contributed by atoms with Crippen LogP contribution in [0.1, 0.15) is 10.4 Å². The van der Waals surface area contributed by atoms with Crippen LogP contribution in [0.4, 0.5) is 0 Å². The first-order chi connectivity index (χ1) is 12.8. The van der Waals surface area contributed by atoms with Gasteiger partial charge in [-0.2, -0.15) is 0 Å². The van der Waals surface area contributed by atoms with Crippen LogP contribution in [0.2, 0.25) is 0 Å². The molecule has 0 atom stereocenters. The Balaban J connectivity index is 1.93. The number of hydrogen-bond donors (Lipinski definition) is 1. The molecule has 0 aliphatic rings. The Morgan fingerprint density at radius 1 is 0.846 bits per heavy atom. The SMILES string of the molecule is COc1cc(OCCOCCOCCOCCOCCO)ccc1C=O. The fourth-order valence-corrected chi connectivity index (χ4v) is 1.92. The Bertz CT molecular complexity index is 480. The lowest BCUT2D eigenvalue weighted by Gasteiger charge is -2.10. The molecule has 0 bridgehead atoms. The molecule has 1 rings (SSSR count). The van der Waals surface area contributed by atoms with E-state index in [4.69, 9.17) is 33.5 Å². The molecule has 0 fully saturated rings. The minimum absolute atomic E-state index is 0.0226. The Labute approximate surface area is 153 Å². The maximum absolute atomic E-state index is 10.8. The summed E-state index contributed by atoms with van der Waals surface area (Å²) in [6.07, 6.45) is 0.738. The maximum atomic E-state index is 10.8. The van der Waals surface area contributed by atoms with Gasteiger partial charge in [0.2, 0.25) is 0 Å². The van der Waals surface area contributed by atoms with E-state index in [1.807, 2.05) is 0 Å². The summed E-state index contributed by atoms with van der Waals surface area (Å²) in [6, 6.07) is 5.03. The second-order valence-corrected chi connectivity index (χ2v) is 5.04. The fraction of sp³-hybridized carbons (Fsp3) is 0.611. The predicted octanol–water partition coefficient (Wildman–Crippen LogP) is 0.945. The number of ether oxygens (including phenoxy) is 6. The molecule has 1 aromatic carbocycles. The van der Waals surface area contributed by atoms with Crippen molar-refractivity contribution in [1.29, 1.82) is 0 Å². The van der Waals surface area contributed by atoms with Crippen LogP contribution >= 0.6 is 0 Å². The van der Waals surface area contributed by atoms with Crippen molar-refractivity contribution in [2.75, 3.05) is 73.2 Å². The van der Waals surface area contributed by atoms with Crippen LogP contribution in [-0.4, -0.2) is 84.6 Å². The van der Waals surface area contributed by atoms with Gasteiger partial charge in [0.1, 0.15) is 18.1 Å². The van der Waals surface area contributed by atoms with E-state index < -0.39 is 0 Å². The third kappa shape index (κ3) is 10.3. The second-order valence-electron chi connectivity index (χ2n) is 5.04. The fourth-order valence-electron chi connectivity index (χ4n) is 1.92. The Morgan fingerprint density at radius 3 is 1.88 bits per heavy atom. The smallest absolute Gasteiger partial charge is 0.153 e. The summed E-state index contributed by atoms with van der Waals surface area (Å²) in [6.45, 7) is 4.05. The highest BCUT2D eigenvalue weighted by Gasteiger charge is 2.04. The first kappa shape index (κ1) is 22.3. The summed E-state index contributed by atoms with van der Waals surface area (Å²) < 4.78 is 31.8. The predicted molar refractivity (Wildman–Crippen MR) is 94.2 cm³/mol. The maximum Gasteiger partial charge on any atom is 0.153 e. The number of hydrogen-bond acceptors (Lipinski definition) is 8. The topological polar surface area (TPSA) is 92.7 Å². The van der Waals surface area contributed by atoms with Crippen LogP contribution in [0.15, 0.2) is 18.2 Å². The Hall–Kier alpha value is -1.71. The molecule has 0 spiro atoms. The van der Waals surface area contributed by atoms with Gasteiger partial charge in [-0.05, 0) is 12.1 Å². The lowest BCUT2D eigenvalue weighted by atomic mass is 10.2. The average Bonchev–Trinajstić information content (AvgIpc) is 2.68. The summed E-state index contributed by atoms with van der Waals surface area (Å²) >= 11 is 0. The lowest BCUT2D eigenvalue weighted by molar-refractivity contribution is -0.00779. The molecule has 0 aromatic heterocycles. The average molecular weight is 372 g/mol. The van der Waals surface area contributed by atoms with Crippen LogP contribution in [0.5, 0.6) is 11.5 Å². The van der Waals surface area contributed by atoms with Crippen molar-refractivity contribution in [2.45, 2.75) is 0 Å². The van der Waals surface area contributed by atoms with Gasteiger partial charge >= 0.3 is 0 Å². The van der Waals surface area contributed by atoms with E-state index >= 15 is 0 Å². The second kappa shape index (κ2) is 15.5. The number of carbonyl (C=O) groups excluding carboxylic acids is 1. The quantitative estimate of drug-likeness (QED) is 0.319. The van der Waals surface area contributed by atoms with Gasteiger partial charge in [-0.15, -0.1) is 0 Å². The van der Waals surface area contributed by atoms with Crippen molar-refractivity contribution in [2.24, 2.45) is 0 Å². The number of rotatable bonds is 17. The van der Waals surface area contributed by atoms with Gasteiger partial charge in [0.25, 0.3) is 0 Å². The van der Waals surface area contributed by atoms with Crippen LogP contribution < -0.4 is 9.47 Å². The van der Waals surface area contributed by atoms with E-state index in [1.54, 1.807) is 18.2 Å². The molecule has 0 saturated carbocycles. The number of carbonyl (C=O) groups is 1. The van der Waals surface area contributed by atoms with E-state index in [1.165, 1.54) is 7.11 Å². The molecule has 0 aliphatic carbocycles. The summed E-state index contributed by atoms with van der Waals surface area (Å²) in [7, 11) is 1.51. The highest BCUT2D eigenvalue weighted by Crippen LogP contribution is 2.23. The van der Waals surface area contributed by atoms with Crippen molar-refractivity contribution in [1.82, 2.24) is 0 Å². The highest BCUT2D eigenvalue weighted by atomic mass is 16.6. The van der Waals surface area contributed by atoms with E-state index in [2.05, 4.69) is 0 Å². The van der Waals surface area contributed by atoms with E-state index in [9.17, 15) is 4.79 Å². The number of benzene rings is 1. The van der Waals surface area contributed by atoms with Gasteiger partial charge in [-0.3, -0.25) is 4.79 Å². The number of aldehydes is 1. The molecular formula is C18H28O8. The number of aliphatic hydroxyl groups excluding tert-OH is 1. The van der Waals surface area contributed by atoms with E-state index in [0.717, 1.165) is 6.29 Å². The lowest BCUT2D eigenvalue weighted by Crippen LogP contribution is -2.14. The molecule has 8 heteroatoms. The molecule has 148 valence electrons. The van der Waals surface area contributed by atoms with Crippen molar-refractivity contribution in [3.8, 4) is 11.5 Å². The zero-order valence-corrected chi connectivity index (χ0v) is 15.2. The molecule has 8 nitrogen and oxygen atoms in total. The third-order valence-corrected chi connectivity index (χ3v) is 3.18. The minimum atomic E-state index is 0.0226. The van der Waals surface area contributed by atoms with Crippen molar-refractivity contribution in [3.05, 3.63) is 23.8 Å². The van der Waals surface area contributed by atoms with Gasteiger partial charge < -0.3 is 33.5 Å². The van der Waals surface area contributed by atoms with E-state index in [-0.39, 0.29) is 6.61 Å². The zero-order valence-electron chi connectivity index (χ0n) is 15.2. The zero-order chi connectivity index (χ0) is 18.9. The van der Waals surface area contributed by atoms with E-state index in [0.29, 0.717) is 76.5 Å². The summed E-state index contributed by atoms with van der Waals surface area (Å²) in [4.78, 5) is 10.8. The first-order valence-electron chi connectivity index (χ1n) is 8.49. The van der Waals surface area contributed by atoms with Gasteiger partial charge in [0.05, 0.1) is 72.1 Å².